The lowest BCUT2D eigenvalue weighted by Crippen LogP contribution is -2.35. The predicted molar refractivity (Wildman–Crippen MR) is 111 cm³/mol. The molecule has 3 rings (SSSR count). The average Bonchev–Trinajstić information content (AvgIpc) is 2.96. The lowest BCUT2D eigenvalue weighted by Gasteiger charge is -2.14. The van der Waals surface area contributed by atoms with E-state index in [9.17, 15) is 14.4 Å². The van der Waals surface area contributed by atoms with Gasteiger partial charge in [0.2, 0.25) is 0 Å². The van der Waals surface area contributed by atoms with E-state index < -0.39 is 17.8 Å². The van der Waals surface area contributed by atoms with E-state index in [0.29, 0.717) is 20.7 Å². The van der Waals surface area contributed by atoms with Crippen LogP contribution in [0.4, 0.5) is 5.69 Å². The quantitative estimate of drug-likeness (QED) is 0.389. The van der Waals surface area contributed by atoms with Crippen molar-refractivity contribution in [3.8, 4) is 5.75 Å². The number of anilines is 1. The van der Waals surface area contributed by atoms with Gasteiger partial charge in [-0.1, -0.05) is 29.8 Å². The summed E-state index contributed by atoms with van der Waals surface area (Å²) in [7, 11) is 0. The molecule has 1 aliphatic heterocycles. The molecule has 0 unspecified atom stereocenters. The Morgan fingerprint density at radius 3 is 2.66 bits per heavy atom. The Hall–Kier alpha value is -2.84. The predicted octanol–water partition coefficient (Wildman–Crippen LogP) is 3.51. The van der Waals surface area contributed by atoms with E-state index in [1.807, 2.05) is 0 Å². The van der Waals surface area contributed by atoms with E-state index in [4.69, 9.17) is 21.1 Å². The van der Waals surface area contributed by atoms with Crippen molar-refractivity contribution < 1.29 is 23.9 Å². The molecule has 1 saturated heterocycles. The van der Waals surface area contributed by atoms with Gasteiger partial charge in [0.1, 0.15) is 11.3 Å². The second-order valence-electron chi connectivity index (χ2n) is 5.87. The molecular formula is C20H16BrClN2O5. The summed E-state index contributed by atoms with van der Waals surface area (Å²) < 4.78 is 10.9. The van der Waals surface area contributed by atoms with E-state index in [0.717, 1.165) is 5.01 Å². The fraction of sp³-hybridized carbons (Fsp3) is 0.150. The lowest BCUT2D eigenvalue weighted by atomic mass is 10.1. The largest absolute Gasteiger partial charge is 0.480 e. The van der Waals surface area contributed by atoms with Crippen molar-refractivity contribution in [1.82, 2.24) is 5.43 Å². The minimum atomic E-state index is -0.564. The third kappa shape index (κ3) is 4.78. The van der Waals surface area contributed by atoms with Crippen LogP contribution in [0.3, 0.4) is 0 Å². The maximum absolute atomic E-state index is 12.8. The van der Waals surface area contributed by atoms with Crippen molar-refractivity contribution in [3.63, 3.8) is 0 Å². The van der Waals surface area contributed by atoms with Crippen LogP contribution in [0, 0.1) is 0 Å². The van der Waals surface area contributed by atoms with Gasteiger partial charge in [0.25, 0.3) is 11.8 Å². The summed E-state index contributed by atoms with van der Waals surface area (Å²) in [5.41, 5.74) is 3.32. The summed E-state index contributed by atoms with van der Waals surface area (Å²) in [5.74, 6) is -1.37. The normalized spacial score (nSPS) is 14.9. The van der Waals surface area contributed by atoms with Gasteiger partial charge in [-0.2, -0.15) is 0 Å². The highest BCUT2D eigenvalue weighted by atomic mass is 79.9. The molecule has 1 heterocycles. The van der Waals surface area contributed by atoms with Crippen LogP contribution in [0.1, 0.15) is 12.5 Å². The van der Waals surface area contributed by atoms with Gasteiger partial charge in [0, 0.05) is 10.6 Å². The van der Waals surface area contributed by atoms with E-state index in [-0.39, 0.29) is 24.5 Å². The molecule has 29 heavy (non-hydrogen) atoms. The molecule has 0 radical (unpaired) electrons. The van der Waals surface area contributed by atoms with Gasteiger partial charge in [0.15, 0.2) is 6.61 Å². The number of hydrazine groups is 1. The number of rotatable bonds is 6. The Morgan fingerprint density at radius 1 is 1.24 bits per heavy atom. The molecule has 0 atom stereocenters. The smallest absolute Gasteiger partial charge is 0.344 e. The first kappa shape index (κ1) is 20.9. The maximum atomic E-state index is 12.8. The number of halogens is 2. The van der Waals surface area contributed by atoms with Gasteiger partial charge in [0.05, 0.1) is 16.8 Å². The van der Waals surface area contributed by atoms with Crippen molar-refractivity contribution >= 4 is 57.1 Å². The third-order valence-corrected chi connectivity index (χ3v) is 4.69. The van der Waals surface area contributed by atoms with Crippen LogP contribution >= 0.6 is 27.5 Å². The van der Waals surface area contributed by atoms with Crippen molar-refractivity contribution in [1.29, 1.82) is 0 Å². The summed E-state index contributed by atoms with van der Waals surface area (Å²) >= 11 is 9.44. The second-order valence-corrected chi connectivity index (χ2v) is 7.17. The van der Waals surface area contributed by atoms with Gasteiger partial charge in [-0.05, 0) is 53.2 Å². The number of carbonyl (C=O) groups excluding carboxylic acids is 3. The van der Waals surface area contributed by atoms with Crippen molar-refractivity contribution in [2.24, 2.45) is 0 Å². The number of carbonyl (C=O) groups is 3. The molecule has 9 heteroatoms. The zero-order valence-corrected chi connectivity index (χ0v) is 17.6. The summed E-state index contributed by atoms with van der Waals surface area (Å²) in [4.78, 5) is 36.8. The molecule has 2 amide bonds. The Kier molecular flexibility index (Phi) is 6.56. The third-order valence-electron chi connectivity index (χ3n) is 3.88. The molecule has 0 saturated carbocycles. The van der Waals surface area contributed by atoms with Crippen LogP contribution in [0.25, 0.3) is 6.08 Å². The lowest BCUT2D eigenvalue weighted by molar-refractivity contribution is -0.145. The highest BCUT2D eigenvalue weighted by Crippen LogP contribution is 2.35. The molecular weight excluding hydrogens is 464 g/mol. The number of nitrogens with zero attached hydrogens (tertiary/aromatic N) is 1. The highest BCUT2D eigenvalue weighted by molar-refractivity contribution is 9.10. The Balaban J connectivity index is 1.93. The first-order valence-electron chi connectivity index (χ1n) is 8.60. The Morgan fingerprint density at radius 2 is 1.97 bits per heavy atom. The number of esters is 1. The van der Waals surface area contributed by atoms with Gasteiger partial charge in [-0.25, -0.2) is 9.80 Å². The van der Waals surface area contributed by atoms with Crippen LogP contribution in [-0.2, 0) is 19.1 Å². The molecule has 7 nitrogen and oxygen atoms in total. The Labute approximate surface area is 180 Å². The molecule has 2 aromatic rings. The molecule has 0 spiro atoms. The van der Waals surface area contributed by atoms with Gasteiger partial charge in [-0.3, -0.25) is 15.0 Å². The zero-order valence-electron chi connectivity index (χ0n) is 15.3. The monoisotopic (exact) mass is 478 g/mol. The fourth-order valence-electron chi connectivity index (χ4n) is 2.65. The molecule has 150 valence electrons. The number of nitrogens with one attached hydrogen (secondary N) is 1. The van der Waals surface area contributed by atoms with Crippen LogP contribution < -0.4 is 15.2 Å². The fourth-order valence-corrected chi connectivity index (χ4v) is 3.59. The van der Waals surface area contributed by atoms with Crippen molar-refractivity contribution in [2.75, 3.05) is 18.2 Å². The van der Waals surface area contributed by atoms with Crippen molar-refractivity contribution in [3.05, 3.63) is 63.1 Å². The highest BCUT2D eigenvalue weighted by Gasteiger charge is 2.34. The number of benzene rings is 2. The number of hydrogen-bond donors (Lipinski definition) is 1. The Bertz CT molecular complexity index is 994. The van der Waals surface area contributed by atoms with Crippen molar-refractivity contribution in [2.45, 2.75) is 6.92 Å². The van der Waals surface area contributed by atoms with E-state index in [1.165, 1.54) is 12.1 Å². The summed E-state index contributed by atoms with van der Waals surface area (Å²) in [5, 5.41) is 1.52. The number of para-hydroxylation sites is 1. The van der Waals surface area contributed by atoms with Crippen LogP contribution in [0.2, 0.25) is 5.02 Å². The number of amides is 2. The molecule has 0 aromatic heterocycles. The molecule has 1 fully saturated rings. The topological polar surface area (TPSA) is 84.9 Å². The maximum Gasteiger partial charge on any atom is 0.344 e. The molecule has 1 aliphatic rings. The first-order valence-corrected chi connectivity index (χ1v) is 9.77. The molecule has 0 bridgehead atoms. The van der Waals surface area contributed by atoms with Crippen LogP contribution in [0.15, 0.2) is 52.5 Å². The molecule has 0 aliphatic carbocycles. The average molecular weight is 480 g/mol. The summed E-state index contributed by atoms with van der Waals surface area (Å²) in [6.45, 7) is 1.58. The van der Waals surface area contributed by atoms with Crippen LogP contribution in [-0.4, -0.2) is 31.0 Å². The zero-order chi connectivity index (χ0) is 21.0. The molecule has 1 N–H and O–H groups in total. The number of ether oxygens (including phenoxy) is 2. The van der Waals surface area contributed by atoms with E-state index >= 15 is 0 Å². The minimum absolute atomic E-state index is 0.0935. The second kappa shape index (κ2) is 9.11. The van der Waals surface area contributed by atoms with Crippen LogP contribution in [0.5, 0.6) is 5.75 Å². The van der Waals surface area contributed by atoms with Gasteiger partial charge in [-0.15, -0.1) is 0 Å². The number of hydrogen-bond acceptors (Lipinski definition) is 5. The first-order chi connectivity index (χ1) is 13.9. The summed E-state index contributed by atoms with van der Waals surface area (Å²) in [6, 6.07) is 11.8. The van der Waals surface area contributed by atoms with Gasteiger partial charge >= 0.3 is 5.97 Å². The standard InChI is InChI=1S/C20H16BrClN2O5/c1-2-28-17(25)11-29-18-12(8-13(22)10-16(18)21)9-15-19(26)23-24(20(15)27)14-6-4-3-5-7-14/h3-10H,2,11H2,1H3,(H,23,26)/b15-9-. The molecule has 2 aromatic carbocycles. The van der Waals surface area contributed by atoms with E-state index in [1.54, 1.807) is 43.3 Å². The van der Waals surface area contributed by atoms with Gasteiger partial charge < -0.3 is 9.47 Å². The van der Waals surface area contributed by atoms with E-state index in [2.05, 4.69) is 21.4 Å². The SMILES string of the molecule is CCOC(=O)COc1c(Br)cc(Cl)cc1/C=C1/C(=O)NN(c2ccccc2)C1=O. The summed E-state index contributed by atoms with van der Waals surface area (Å²) in [6.07, 6.45) is 1.37. The minimum Gasteiger partial charge on any atom is -0.480 e.